The van der Waals surface area contributed by atoms with Gasteiger partial charge in [-0.1, -0.05) is 19.9 Å². The number of rotatable bonds is 6. The van der Waals surface area contributed by atoms with Gasteiger partial charge >= 0.3 is 0 Å². The van der Waals surface area contributed by atoms with Crippen LogP contribution in [0.4, 0.5) is 5.82 Å². The maximum Gasteiger partial charge on any atom is 0.142 e. The molecule has 0 aliphatic rings. The van der Waals surface area contributed by atoms with Gasteiger partial charge in [-0.25, -0.2) is 4.98 Å². The van der Waals surface area contributed by atoms with E-state index in [1.165, 1.54) is 0 Å². The molecule has 1 heterocycles. The van der Waals surface area contributed by atoms with E-state index in [-0.39, 0.29) is 0 Å². The second-order valence-electron chi connectivity index (χ2n) is 3.92. The van der Waals surface area contributed by atoms with Gasteiger partial charge in [0.05, 0.1) is 6.61 Å². The first-order valence-electron chi connectivity index (χ1n) is 5.41. The molecule has 4 nitrogen and oxygen atoms in total. The van der Waals surface area contributed by atoms with E-state index in [0.29, 0.717) is 30.6 Å². The summed E-state index contributed by atoms with van der Waals surface area (Å²) in [5, 5.41) is 11.8. The predicted molar refractivity (Wildman–Crippen MR) is 63.1 cm³/mol. The Morgan fingerprint density at radius 2 is 2.31 bits per heavy atom. The Balaban J connectivity index is 2.24. The summed E-state index contributed by atoms with van der Waals surface area (Å²) in [6, 6.07) is 7.33. The van der Waals surface area contributed by atoms with Crippen molar-refractivity contribution in [3.63, 3.8) is 0 Å². The second-order valence-corrected chi connectivity index (χ2v) is 3.92. The number of nitrogens with zero attached hydrogens (tertiary/aromatic N) is 2. The van der Waals surface area contributed by atoms with Crippen LogP contribution in [0.15, 0.2) is 18.2 Å². The van der Waals surface area contributed by atoms with Crippen LogP contribution < -0.4 is 5.32 Å². The molecule has 1 aromatic heterocycles. The highest BCUT2D eigenvalue weighted by Gasteiger charge is 1.96. The molecule has 0 amide bonds. The summed E-state index contributed by atoms with van der Waals surface area (Å²) in [6.07, 6.45) is 0. The average molecular weight is 219 g/mol. The van der Waals surface area contributed by atoms with Crippen LogP contribution in [-0.4, -0.2) is 24.7 Å². The van der Waals surface area contributed by atoms with Crippen LogP contribution in [0.25, 0.3) is 0 Å². The van der Waals surface area contributed by atoms with E-state index in [1.807, 2.05) is 18.2 Å². The third-order valence-electron chi connectivity index (χ3n) is 1.87. The van der Waals surface area contributed by atoms with Crippen LogP contribution in [0.5, 0.6) is 0 Å². The normalized spacial score (nSPS) is 10.1. The number of nitrogens with one attached hydrogen (secondary N) is 1. The highest BCUT2D eigenvalue weighted by atomic mass is 16.5. The monoisotopic (exact) mass is 219 g/mol. The quantitative estimate of drug-likeness (QED) is 0.744. The van der Waals surface area contributed by atoms with Gasteiger partial charge in [-0.05, 0) is 18.1 Å². The topological polar surface area (TPSA) is 57.9 Å². The van der Waals surface area contributed by atoms with Crippen LogP contribution in [0.1, 0.15) is 19.5 Å². The minimum Gasteiger partial charge on any atom is -0.379 e. The third-order valence-corrected chi connectivity index (χ3v) is 1.87. The molecule has 4 heteroatoms. The third kappa shape index (κ3) is 4.76. The van der Waals surface area contributed by atoms with E-state index in [2.05, 4.69) is 24.1 Å². The van der Waals surface area contributed by atoms with Gasteiger partial charge in [0.1, 0.15) is 17.6 Å². The maximum absolute atomic E-state index is 8.67. The summed E-state index contributed by atoms with van der Waals surface area (Å²) in [7, 11) is 0. The fourth-order valence-corrected chi connectivity index (χ4v) is 1.17. The lowest BCUT2D eigenvalue weighted by atomic mass is 10.2. The number of anilines is 1. The molecule has 86 valence electrons. The molecule has 0 fully saturated rings. The number of hydrogen-bond donors (Lipinski definition) is 1. The van der Waals surface area contributed by atoms with Gasteiger partial charge in [0.2, 0.25) is 0 Å². The largest absolute Gasteiger partial charge is 0.379 e. The van der Waals surface area contributed by atoms with Crippen LogP contribution >= 0.6 is 0 Å². The zero-order valence-corrected chi connectivity index (χ0v) is 9.73. The molecule has 1 rings (SSSR count). The van der Waals surface area contributed by atoms with Crippen molar-refractivity contribution in [3.05, 3.63) is 23.9 Å². The van der Waals surface area contributed by atoms with E-state index in [4.69, 9.17) is 10.00 Å². The standard InChI is InChI=1S/C12H17N3O/c1-10(2)9-16-7-6-14-12-5-3-4-11(8-13)15-12/h3-5,10H,6-7,9H2,1-2H3,(H,14,15). The number of nitriles is 1. The van der Waals surface area contributed by atoms with Crippen molar-refractivity contribution < 1.29 is 4.74 Å². The van der Waals surface area contributed by atoms with Gasteiger partial charge in [0, 0.05) is 13.2 Å². The van der Waals surface area contributed by atoms with E-state index < -0.39 is 0 Å². The summed E-state index contributed by atoms with van der Waals surface area (Å²) in [4.78, 5) is 4.10. The van der Waals surface area contributed by atoms with Crippen LogP contribution in [0.2, 0.25) is 0 Å². The average Bonchev–Trinajstić information content (AvgIpc) is 2.28. The zero-order chi connectivity index (χ0) is 11.8. The minimum absolute atomic E-state index is 0.424. The summed E-state index contributed by atoms with van der Waals surface area (Å²) in [5.41, 5.74) is 0.424. The zero-order valence-electron chi connectivity index (χ0n) is 9.73. The highest BCUT2D eigenvalue weighted by molar-refractivity contribution is 5.38. The van der Waals surface area contributed by atoms with Crippen molar-refractivity contribution >= 4 is 5.82 Å². The van der Waals surface area contributed by atoms with Gasteiger partial charge in [-0.15, -0.1) is 0 Å². The molecule has 0 radical (unpaired) electrons. The molecule has 0 spiro atoms. The SMILES string of the molecule is CC(C)COCCNc1cccc(C#N)n1. The molecule has 0 unspecified atom stereocenters. The Labute approximate surface area is 96.3 Å². The van der Waals surface area contributed by atoms with E-state index >= 15 is 0 Å². The van der Waals surface area contributed by atoms with Crippen molar-refractivity contribution in [1.82, 2.24) is 4.98 Å². The molecule has 0 atom stereocenters. The summed E-state index contributed by atoms with van der Waals surface area (Å²) in [6.45, 7) is 6.36. The minimum atomic E-state index is 0.424. The number of hydrogen-bond acceptors (Lipinski definition) is 4. The Kier molecular flexibility index (Phi) is 5.30. The molecule has 1 aromatic rings. The molecule has 0 aliphatic heterocycles. The van der Waals surface area contributed by atoms with Crippen LogP contribution in [0.3, 0.4) is 0 Å². The number of pyridine rings is 1. The fraction of sp³-hybridized carbons (Fsp3) is 0.500. The van der Waals surface area contributed by atoms with Gasteiger partial charge in [-0.2, -0.15) is 5.26 Å². The van der Waals surface area contributed by atoms with E-state index in [9.17, 15) is 0 Å². The number of aromatic nitrogens is 1. The molecule has 0 bridgehead atoms. The summed E-state index contributed by atoms with van der Waals surface area (Å²) >= 11 is 0. The lowest BCUT2D eigenvalue weighted by molar-refractivity contribution is 0.118. The summed E-state index contributed by atoms with van der Waals surface area (Å²) in [5.74, 6) is 1.27. The van der Waals surface area contributed by atoms with Gasteiger partial charge in [-0.3, -0.25) is 0 Å². The molecular formula is C12H17N3O. The Bertz CT molecular complexity index is 358. The fourth-order valence-electron chi connectivity index (χ4n) is 1.17. The van der Waals surface area contributed by atoms with Crippen molar-refractivity contribution in [2.75, 3.05) is 25.1 Å². The maximum atomic E-state index is 8.67. The summed E-state index contributed by atoms with van der Waals surface area (Å²) < 4.78 is 5.42. The van der Waals surface area contributed by atoms with Crippen molar-refractivity contribution in [3.8, 4) is 6.07 Å². The lowest BCUT2D eigenvalue weighted by Crippen LogP contribution is -2.12. The molecule has 0 saturated heterocycles. The second kappa shape index (κ2) is 6.81. The highest BCUT2D eigenvalue weighted by Crippen LogP contribution is 2.03. The first-order chi connectivity index (χ1) is 7.72. The van der Waals surface area contributed by atoms with E-state index in [0.717, 1.165) is 6.61 Å². The Hall–Kier alpha value is -1.60. The van der Waals surface area contributed by atoms with Crippen molar-refractivity contribution in [2.45, 2.75) is 13.8 Å². The molecule has 1 N–H and O–H groups in total. The first kappa shape index (κ1) is 12.5. The molecule has 16 heavy (non-hydrogen) atoms. The first-order valence-corrected chi connectivity index (χ1v) is 5.41. The molecule has 0 aromatic carbocycles. The molecule has 0 saturated carbocycles. The van der Waals surface area contributed by atoms with Gasteiger partial charge in [0.15, 0.2) is 0 Å². The van der Waals surface area contributed by atoms with Crippen molar-refractivity contribution in [2.24, 2.45) is 5.92 Å². The Morgan fingerprint density at radius 3 is 3.00 bits per heavy atom. The van der Waals surface area contributed by atoms with Crippen LogP contribution in [-0.2, 0) is 4.74 Å². The molecular weight excluding hydrogens is 202 g/mol. The Morgan fingerprint density at radius 1 is 1.50 bits per heavy atom. The van der Waals surface area contributed by atoms with Crippen LogP contribution in [0, 0.1) is 17.2 Å². The lowest BCUT2D eigenvalue weighted by Gasteiger charge is -2.08. The smallest absolute Gasteiger partial charge is 0.142 e. The van der Waals surface area contributed by atoms with Gasteiger partial charge < -0.3 is 10.1 Å². The number of ether oxygens (including phenoxy) is 1. The predicted octanol–water partition coefficient (Wildman–Crippen LogP) is 2.04. The molecule has 0 aliphatic carbocycles. The van der Waals surface area contributed by atoms with Crippen molar-refractivity contribution in [1.29, 1.82) is 5.26 Å². The van der Waals surface area contributed by atoms with Gasteiger partial charge in [0.25, 0.3) is 0 Å². The van der Waals surface area contributed by atoms with E-state index in [1.54, 1.807) is 6.07 Å².